The molecule has 0 aromatic carbocycles. The fraction of sp³-hybridized carbons (Fsp3) is 0.389. The predicted octanol–water partition coefficient (Wildman–Crippen LogP) is 1.49. The molecule has 27 heavy (non-hydrogen) atoms. The summed E-state index contributed by atoms with van der Waals surface area (Å²) in [6.45, 7) is 2.64. The Labute approximate surface area is 155 Å². The molecule has 1 saturated heterocycles. The molecule has 5 rings (SSSR count). The Morgan fingerprint density at radius 2 is 1.85 bits per heavy atom. The van der Waals surface area contributed by atoms with Crippen LogP contribution >= 0.6 is 0 Å². The van der Waals surface area contributed by atoms with Crippen LogP contribution in [0.2, 0.25) is 0 Å². The number of amides is 1. The zero-order valence-electron chi connectivity index (χ0n) is 14.7. The molecule has 2 fully saturated rings. The third-order valence-electron chi connectivity index (χ3n) is 4.99. The summed E-state index contributed by atoms with van der Waals surface area (Å²) in [7, 11) is 0. The van der Waals surface area contributed by atoms with Crippen LogP contribution in [-0.4, -0.2) is 62.1 Å². The molecule has 138 valence electrons. The smallest absolute Gasteiger partial charge is 0.276 e. The molecule has 0 unspecified atom stereocenters. The minimum atomic E-state index is -0.0644. The van der Waals surface area contributed by atoms with Crippen LogP contribution in [0.1, 0.15) is 35.0 Å². The van der Waals surface area contributed by atoms with E-state index in [0.29, 0.717) is 43.6 Å². The first-order valence-corrected chi connectivity index (χ1v) is 9.12. The fourth-order valence-corrected chi connectivity index (χ4v) is 3.26. The highest BCUT2D eigenvalue weighted by Gasteiger charge is 2.30. The summed E-state index contributed by atoms with van der Waals surface area (Å²) in [6, 6.07) is 7.46. The molecule has 1 amide bonds. The topological polar surface area (TPSA) is 93.2 Å². The molecule has 3 aromatic heterocycles. The minimum Gasteiger partial charge on any atom is -0.360 e. The highest BCUT2D eigenvalue weighted by atomic mass is 16.5. The molecular formula is C18H19N7O2. The van der Waals surface area contributed by atoms with Gasteiger partial charge in [0.25, 0.3) is 5.91 Å². The molecule has 1 saturated carbocycles. The van der Waals surface area contributed by atoms with Crippen LogP contribution in [0.25, 0.3) is 5.82 Å². The van der Waals surface area contributed by atoms with Gasteiger partial charge in [0.15, 0.2) is 17.3 Å². The summed E-state index contributed by atoms with van der Waals surface area (Å²) in [6.07, 6.45) is 5.78. The molecule has 0 bridgehead atoms. The van der Waals surface area contributed by atoms with Crippen LogP contribution in [0.3, 0.4) is 0 Å². The SMILES string of the molecule is O=C(c1cc(C2CC2)on1)N1CCN(c2ccc(-n3cccn3)nn2)CC1. The standard InChI is InChI=1S/C18H19N7O2/c26-18(14-12-15(27-22-14)13-2-3-13)24-10-8-23(9-11-24)16-4-5-17(21-20-16)25-7-1-6-19-25/h1,4-7,12-13H,2-3,8-11H2. The van der Waals surface area contributed by atoms with Crippen LogP contribution in [0, 0.1) is 0 Å². The van der Waals surface area contributed by atoms with E-state index in [0.717, 1.165) is 24.4 Å². The lowest BCUT2D eigenvalue weighted by Crippen LogP contribution is -2.49. The first-order chi connectivity index (χ1) is 13.3. The first-order valence-electron chi connectivity index (χ1n) is 9.12. The van der Waals surface area contributed by atoms with Gasteiger partial charge in [-0.2, -0.15) is 5.10 Å². The Kier molecular flexibility index (Phi) is 3.84. The number of rotatable bonds is 4. The Bertz CT molecular complexity index is 923. The minimum absolute atomic E-state index is 0.0644. The van der Waals surface area contributed by atoms with Gasteiger partial charge in [0.2, 0.25) is 0 Å². The number of nitrogens with zero attached hydrogens (tertiary/aromatic N) is 7. The second kappa shape index (κ2) is 6.49. The molecule has 0 N–H and O–H groups in total. The van der Waals surface area contributed by atoms with Crippen molar-refractivity contribution in [2.24, 2.45) is 0 Å². The van der Waals surface area contributed by atoms with Crippen LogP contribution in [-0.2, 0) is 0 Å². The molecule has 9 nitrogen and oxygen atoms in total. The summed E-state index contributed by atoms with van der Waals surface area (Å²) in [5, 5.41) is 16.6. The van der Waals surface area contributed by atoms with E-state index in [2.05, 4.69) is 25.4 Å². The van der Waals surface area contributed by atoms with Crippen molar-refractivity contribution >= 4 is 11.7 Å². The summed E-state index contributed by atoms with van der Waals surface area (Å²) in [4.78, 5) is 16.6. The normalized spacial score (nSPS) is 17.3. The van der Waals surface area contributed by atoms with Crippen molar-refractivity contribution in [2.45, 2.75) is 18.8 Å². The van der Waals surface area contributed by atoms with E-state index in [4.69, 9.17) is 4.52 Å². The maximum atomic E-state index is 12.6. The monoisotopic (exact) mass is 365 g/mol. The van der Waals surface area contributed by atoms with Crippen molar-refractivity contribution in [1.29, 1.82) is 0 Å². The lowest BCUT2D eigenvalue weighted by atomic mass is 10.2. The van der Waals surface area contributed by atoms with E-state index < -0.39 is 0 Å². The number of piperazine rings is 1. The van der Waals surface area contributed by atoms with Gasteiger partial charge in [-0.05, 0) is 31.0 Å². The number of hydrogen-bond donors (Lipinski definition) is 0. The quantitative estimate of drug-likeness (QED) is 0.691. The maximum Gasteiger partial charge on any atom is 0.276 e. The van der Waals surface area contributed by atoms with E-state index in [-0.39, 0.29) is 5.91 Å². The Hall–Kier alpha value is -3.23. The van der Waals surface area contributed by atoms with Crippen molar-refractivity contribution in [3.63, 3.8) is 0 Å². The van der Waals surface area contributed by atoms with Crippen molar-refractivity contribution in [3.8, 4) is 5.82 Å². The van der Waals surface area contributed by atoms with Crippen molar-refractivity contribution in [3.05, 3.63) is 48.1 Å². The van der Waals surface area contributed by atoms with Crippen LogP contribution < -0.4 is 4.90 Å². The third kappa shape index (κ3) is 3.16. The van der Waals surface area contributed by atoms with Crippen molar-refractivity contribution in [2.75, 3.05) is 31.1 Å². The zero-order chi connectivity index (χ0) is 18.2. The first kappa shape index (κ1) is 16.0. The van der Waals surface area contributed by atoms with Crippen LogP contribution in [0.15, 0.2) is 41.2 Å². The third-order valence-corrected chi connectivity index (χ3v) is 4.99. The van der Waals surface area contributed by atoms with Gasteiger partial charge in [0.1, 0.15) is 5.76 Å². The number of carbonyl (C=O) groups is 1. The number of aromatic nitrogens is 5. The van der Waals surface area contributed by atoms with Gasteiger partial charge < -0.3 is 14.3 Å². The second-order valence-electron chi connectivity index (χ2n) is 6.87. The van der Waals surface area contributed by atoms with Gasteiger partial charge in [-0.25, -0.2) is 4.68 Å². The molecule has 0 atom stereocenters. The summed E-state index contributed by atoms with van der Waals surface area (Å²) in [5.41, 5.74) is 0.411. The van der Waals surface area contributed by atoms with Crippen molar-refractivity contribution < 1.29 is 9.32 Å². The molecule has 2 aliphatic rings. The van der Waals surface area contributed by atoms with Gasteiger partial charge >= 0.3 is 0 Å². The molecule has 9 heteroatoms. The van der Waals surface area contributed by atoms with E-state index in [9.17, 15) is 4.79 Å². The fourth-order valence-electron chi connectivity index (χ4n) is 3.26. The van der Waals surface area contributed by atoms with Crippen LogP contribution in [0.5, 0.6) is 0 Å². The number of hydrogen-bond acceptors (Lipinski definition) is 7. The molecule has 4 heterocycles. The summed E-state index contributed by atoms with van der Waals surface area (Å²) < 4.78 is 6.97. The van der Waals surface area contributed by atoms with Crippen molar-refractivity contribution in [1.82, 2.24) is 30.0 Å². The predicted molar refractivity (Wildman–Crippen MR) is 95.7 cm³/mol. The molecule has 3 aromatic rings. The highest BCUT2D eigenvalue weighted by Crippen LogP contribution is 2.40. The second-order valence-corrected chi connectivity index (χ2v) is 6.87. The lowest BCUT2D eigenvalue weighted by molar-refractivity contribution is 0.0736. The molecule has 0 radical (unpaired) electrons. The maximum absolute atomic E-state index is 12.6. The van der Waals surface area contributed by atoms with E-state index in [1.54, 1.807) is 16.9 Å². The van der Waals surface area contributed by atoms with Gasteiger partial charge in [-0.1, -0.05) is 5.16 Å². The van der Waals surface area contributed by atoms with Crippen LogP contribution in [0.4, 0.5) is 5.82 Å². The molecule has 0 spiro atoms. The molecule has 1 aliphatic carbocycles. The highest BCUT2D eigenvalue weighted by molar-refractivity contribution is 5.92. The Balaban J connectivity index is 1.21. The average Bonchev–Trinajstić information content (AvgIpc) is 3.22. The largest absolute Gasteiger partial charge is 0.360 e. The van der Waals surface area contributed by atoms with Gasteiger partial charge in [-0.3, -0.25) is 4.79 Å². The lowest BCUT2D eigenvalue weighted by Gasteiger charge is -2.34. The summed E-state index contributed by atoms with van der Waals surface area (Å²) >= 11 is 0. The molecular weight excluding hydrogens is 346 g/mol. The zero-order valence-corrected chi connectivity index (χ0v) is 14.7. The van der Waals surface area contributed by atoms with Gasteiger partial charge in [-0.15, -0.1) is 10.2 Å². The summed E-state index contributed by atoms with van der Waals surface area (Å²) in [5.74, 6) is 2.71. The van der Waals surface area contributed by atoms with E-state index in [1.165, 1.54) is 0 Å². The average molecular weight is 365 g/mol. The van der Waals surface area contributed by atoms with E-state index >= 15 is 0 Å². The number of carbonyl (C=O) groups excluding carboxylic acids is 1. The Morgan fingerprint density at radius 1 is 1.07 bits per heavy atom. The van der Waals surface area contributed by atoms with Gasteiger partial charge in [0.05, 0.1) is 0 Å². The Morgan fingerprint density at radius 3 is 2.52 bits per heavy atom. The number of anilines is 1. The molecule has 1 aliphatic heterocycles. The van der Waals surface area contributed by atoms with Gasteiger partial charge in [0, 0.05) is 50.6 Å². The van der Waals surface area contributed by atoms with E-state index in [1.807, 2.05) is 29.3 Å².